The van der Waals surface area contributed by atoms with Crippen LogP contribution in [0.3, 0.4) is 0 Å². The zero-order valence-corrected chi connectivity index (χ0v) is 11.4. The molecule has 2 N–H and O–H groups in total. The summed E-state index contributed by atoms with van der Waals surface area (Å²) >= 11 is 0. The number of carbonyl (C=O) groups excluding carboxylic acids is 2. The molecule has 1 rings (SSSR count). The minimum Gasteiger partial charge on any atom is -0.444 e. The van der Waals surface area contributed by atoms with Crippen LogP contribution >= 0.6 is 0 Å². The third-order valence-corrected chi connectivity index (χ3v) is 2.45. The number of amides is 2. The molecule has 1 saturated heterocycles. The summed E-state index contributed by atoms with van der Waals surface area (Å²) in [6.07, 6.45) is -0.924. The van der Waals surface area contributed by atoms with Crippen LogP contribution in [0.25, 0.3) is 0 Å². The third kappa shape index (κ3) is 4.91. The van der Waals surface area contributed by atoms with Crippen molar-refractivity contribution in [1.29, 1.82) is 0 Å². The Hall–Kier alpha value is -1.30. The van der Waals surface area contributed by atoms with Gasteiger partial charge in [-0.15, -0.1) is 0 Å². The maximum atomic E-state index is 11.5. The highest BCUT2D eigenvalue weighted by Crippen LogP contribution is 2.11. The quantitative estimate of drug-likeness (QED) is 0.772. The Morgan fingerprint density at radius 2 is 2.22 bits per heavy atom. The molecule has 6 heteroatoms. The highest BCUT2D eigenvalue weighted by atomic mass is 16.6. The Balaban J connectivity index is 2.35. The first-order valence-electron chi connectivity index (χ1n) is 6.13. The highest BCUT2D eigenvalue weighted by molar-refractivity contribution is 5.79. The first-order valence-corrected chi connectivity index (χ1v) is 6.13. The smallest absolute Gasteiger partial charge is 0.407 e. The van der Waals surface area contributed by atoms with Gasteiger partial charge in [0, 0.05) is 19.1 Å². The maximum absolute atomic E-state index is 11.5. The fraction of sp³-hybridized carbons (Fsp3) is 0.833. The summed E-state index contributed by atoms with van der Waals surface area (Å²) in [6, 6.07) is -0.214. The van der Waals surface area contributed by atoms with Gasteiger partial charge in [0.25, 0.3) is 0 Å². The van der Waals surface area contributed by atoms with Crippen molar-refractivity contribution in [3.8, 4) is 0 Å². The van der Waals surface area contributed by atoms with Crippen molar-refractivity contribution in [3.63, 3.8) is 0 Å². The van der Waals surface area contributed by atoms with Gasteiger partial charge in [0.1, 0.15) is 5.60 Å². The van der Waals surface area contributed by atoms with Gasteiger partial charge in [0.2, 0.25) is 5.91 Å². The average molecular weight is 258 g/mol. The molecule has 0 saturated carbocycles. The molecule has 1 aliphatic heterocycles. The molecule has 2 atom stereocenters. The van der Waals surface area contributed by atoms with E-state index in [1.165, 1.54) is 0 Å². The van der Waals surface area contributed by atoms with Gasteiger partial charge < -0.3 is 20.1 Å². The van der Waals surface area contributed by atoms with Crippen molar-refractivity contribution in [3.05, 3.63) is 0 Å². The molecular weight excluding hydrogens is 236 g/mol. The van der Waals surface area contributed by atoms with Gasteiger partial charge >= 0.3 is 6.09 Å². The summed E-state index contributed by atoms with van der Waals surface area (Å²) in [5, 5.41) is 12.0. The first kappa shape index (κ1) is 14.8. The molecule has 6 nitrogen and oxygen atoms in total. The lowest BCUT2D eigenvalue weighted by Crippen LogP contribution is -2.44. The van der Waals surface area contributed by atoms with E-state index in [0.717, 1.165) is 0 Å². The SMILES string of the molecule is CC(CN1CC(O)CC1=O)NC(=O)OC(C)(C)C. The molecule has 0 radical (unpaired) electrons. The molecule has 2 unspecified atom stereocenters. The first-order chi connectivity index (χ1) is 8.17. The predicted molar refractivity (Wildman–Crippen MR) is 66.0 cm³/mol. The minimum atomic E-state index is -0.591. The normalized spacial score (nSPS) is 21.9. The molecule has 1 aliphatic rings. The van der Waals surface area contributed by atoms with Gasteiger partial charge in [-0.1, -0.05) is 0 Å². The van der Waals surface area contributed by atoms with Crippen LogP contribution in [0.2, 0.25) is 0 Å². The number of carbonyl (C=O) groups is 2. The second kappa shape index (κ2) is 5.56. The molecule has 0 aromatic rings. The number of hydrogen-bond donors (Lipinski definition) is 2. The van der Waals surface area contributed by atoms with E-state index in [0.29, 0.717) is 13.1 Å². The van der Waals surface area contributed by atoms with Gasteiger partial charge in [-0.25, -0.2) is 4.79 Å². The number of ether oxygens (including phenoxy) is 1. The van der Waals surface area contributed by atoms with Crippen LogP contribution < -0.4 is 5.32 Å². The second-order valence-corrected chi connectivity index (χ2v) is 5.70. The molecule has 1 fully saturated rings. The molecule has 0 spiro atoms. The number of nitrogens with one attached hydrogen (secondary N) is 1. The zero-order valence-electron chi connectivity index (χ0n) is 11.4. The van der Waals surface area contributed by atoms with Gasteiger partial charge in [-0.05, 0) is 27.7 Å². The molecule has 0 aromatic heterocycles. The number of nitrogens with zero attached hydrogens (tertiary/aromatic N) is 1. The van der Waals surface area contributed by atoms with E-state index < -0.39 is 17.8 Å². The Bertz CT molecular complexity index is 325. The van der Waals surface area contributed by atoms with Crippen molar-refractivity contribution >= 4 is 12.0 Å². The Labute approximate surface area is 107 Å². The van der Waals surface area contributed by atoms with Crippen LogP contribution in [0.4, 0.5) is 4.79 Å². The standard InChI is InChI=1S/C12H22N2O4/c1-8(13-11(17)18-12(2,3)4)6-14-7-9(15)5-10(14)16/h8-9,15H,5-7H2,1-4H3,(H,13,17). The molecule has 2 amide bonds. The lowest BCUT2D eigenvalue weighted by atomic mass is 10.2. The number of likely N-dealkylation sites (tertiary alicyclic amines) is 1. The van der Waals surface area contributed by atoms with Crippen LogP contribution in [0.15, 0.2) is 0 Å². The van der Waals surface area contributed by atoms with Crippen LogP contribution in [0, 0.1) is 0 Å². The fourth-order valence-electron chi connectivity index (χ4n) is 1.81. The number of aliphatic hydroxyl groups excluding tert-OH is 1. The number of hydrogen-bond acceptors (Lipinski definition) is 4. The van der Waals surface area contributed by atoms with Crippen molar-refractivity contribution < 1.29 is 19.4 Å². The third-order valence-electron chi connectivity index (χ3n) is 2.45. The van der Waals surface area contributed by atoms with Gasteiger partial charge in [0.15, 0.2) is 0 Å². The lowest BCUT2D eigenvalue weighted by molar-refractivity contribution is -0.128. The predicted octanol–water partition coefficient (Wildman–Crippen LogP) is 0.493. The summed E-state index contributed by atoms with van der Waals surface area (Å²) in [4.78, 5) is 24.5. The molecule has 1 heterocycles. The number of β-amino-alcohol motifs (C(OH)–C–C–N with tert-alkyl or cyclic N) is 1. The van der Waals surface area contributed by atoms with E-state index in [1.807, 2.05) is 0 Å². The number of aliphatic hydroxyl groups is 1. The van der Waals surface area contributed by atoms with E-state index >= 15 is 0 Å². The molecule has 18 heavy (non-hydrogen) atoms. The summed E-state index contributed by atoms with van der Waals surface area (Å²) in [5.74, 6) is -0.0830. The Morgan fingerprint density at radius 1 is 1.61 bits per heavy atom. The average Bonchev–Trinajstić information content (AvgIpc) is 2.40. The van der Waals surface area contributed by atoms with Crippen molar-refractivity contribution in [2.75, 3.05) is 13.1 Å². The van der Waals surface area contributed by atoms with Gasteiger partial charge in [-0.3, -0.25) is 4.79 Å². The molecule has 104 valence electrons. The summed E-state index contributed by atoms with van der Waals surface area (Å²) in [6.45, 7) is 7.88. The van der Waals surface area contributed by atoms with Gasteiger partial charge in [0.05, 0.1) is 12.5 Å². The van der Waals surface area contributed by atoms with Gasteiger partial charge in [-0.2, -0.15) is 0 Å². The summed E-state index contributed by atoms with van der Waals surface area (Å²) in [5.41, 5.74) is -0.538. The maximum Gasteiger partial charge on any atom is 0.407 e. The van der Waals surface area contributed by atoms with Crippen LogP contribution in [0.1, 0.15) is 34.1 Å². The van der Waals surface area contributed by atoms with E-state index in [-0.39, 0.29) is 18.4 Å². The summed E-state index contributed by atoms with van der Waals surface area (Å²) < 4.78 is 5.12. The van der Waals surface area contributed by atoms with Crippen LogP contribution in [-0.4, -0.2) is 52.8 Å². The van der Waals surface area contributed by atoms with E-state index in [9.17, 15) is 14.7 Å². The van der Waals surface area contributed by atoms with Crippen LogP contribution in [0.5, 0.6) is 0 Å². The molecule has 0 aliphatic carbocycles. The fourth-order valence-corrected chi connectivity index (χ4v) is 1.81. The monoisotopic (exact) mass is 258 g/mol. The molecular formula is C12H22N2O4. The topological polar surface area (TPSA) is 78.9 Å². The van der Waals surface area contributed by atoms with Crippen molar-refractivity contribution in [2.45, 2.75) is 51.9 Å². The summed E-state index contributed by atoms with van der Waals surface area (Å²) in [7, 11) is 0. The van der Waals surface area contributed by atoms with E-state index in [1.54, 1.807) is 32.6 Å². The lowest BCUT2D eigenvalue weighted by Gasteiger charge is -2.24. The highest BCUT2D eigenvalue weighted by Gasteiger charge is 2.29. The largest absolute Gasteiger partial charge is 0.444 e. The Kier molecular flexibility index (Phi) is 4.56. The zero-order chi connectivity index (χ0) is 13.9. The van der Waals surface area contributed by atoms with E-state index in [4.69, 9.17) is 4.74 Å². The Morgan fingerprint density at radius 3 is 2.67 bits per heavy atom. The van der Waals surface area contributed by atoms with Crippen LogP contribution in [-0.2, 0) is 9.53 Å². The van der Waals surface area contributed by atoms with Crippen molar-refractivity contribution in [2.24, 2.45) is 0 Å². The second-order valence-electron chi connectivity index (χ2n) is 5.70. The minimum absolute atomic E-state index is 0.0830. The number of rotatable bonds is 3. The number of alkyl carbamates (subject to hydrolysis) is 1. The van der Waals surface area contributed by atoms with E-state index in [2.05, 4.69) is 5.32 Å². The molecule has 0 bridgehead atoms. The van der Waals surface area contributed by atoms with Crippen molar-refractivity contribution in [1.82, 2.24) is 10.2 Å². The molecule has 0 aromatic carbocycles.